The number of carbonyl (C=O) groups excluding carboxylic acids is 1. The van der Waals surface area contributed by atoms with Gasteiger partial charge in [0.25, 0.3) is 0 Å². The number of phenols is 1. The Morgan fingerprint density at radius 3 is 2.61 bits per heavy atom. The summed E-state index contributed by atoms with van der Waals surface area (Å²) in [6.45, 7) is 4.64. The molecule has 2 saturated heterocycles. The smallest absolute Gasteiger partial charge is 0.410 e. The minimum Gasteiger partial charge on any atom is -0.508 e. The predicted molar refractivity (Wildman–Crippen MR) is 124 cm³/mol. The third-order valence-electron chi connectivity index (χ3n) is 6.98. The number of hydrogen-bond donors (Lipinski definition) is 1. The van der Waals surface area contributed by atoms with Crippen molar-refractivity contribution in [1.29, 1.82) is 0 Å². The zero-order valence-corrected chi connectivity index (χ0v) is 18.9. The summed E-state index contributed by atoms with van der Waals surface area (Å²) in [7, 11) is 0. The van der Waals surface area contributed by atoms with Crippen molar-refractivity contribution < 1.29 is 24.1 Å². The third-order valence-corrected chi connectivity index (χ3v) is 6.98. The SMILES string of the molecule is O=C1OC[C@H](Cc2ccccc2)N1CCC1CCN(C[C@H]2COc3ccc(O)cc3O2)CC1. The van der Waals surface area contributed by atoms with E-state index in [0.717, 1.165) is 51.9 Å². The highest BCUT2D eigenvalue weighted by Gasteiger charge is 2.33. The van der Waals surface area contributed by atoms with Gasteiger partial charge in [-0.1, -0.05) is 30.3 Å². The number of benzene rings is 2. The van der Waals surface area contributed by atoms with Crippen LogP contribution in [0.1, 0.15) is 24.8 Å². The van der Waals surface area contributed by atoms with E-state index in [2.05, 4.69) is 17.0 Å². The van der Waals surface area contributed by atoms with E-state index >= 15 is 0 Å². The van der Waals surface area contributed by atoms with E-state index in [1.807, 2.05) is 23.1 Å². The molecule has 0 radical (unpaired) electrons. The number of amides is 1. The van der Waals surface area contributed by atoms with Gasteiger partial charge >= 0.3 is 6.09 Å². The Balaban J connectivity index is 1.06. The number of cyclic esters (lactones) is 1. The summed E-state index contributed by atoms with van der Waals surface area (Å²) in [6, 6.07) is 15.4. The van der Waals surface area contributed by atoms with Crippen LogP contribution in [-0.4, -0.2) is 72.5 Å². The Labute approximate surface area is 194 Å². The van der Waals surface area contributed by atoms with Gasteiger partial charge < -0.3 is 24.2 Å². The van der Waals surface area contributed by atoms with Crippen molar-refractivity contribution in [1.82, 2.24) is 9.80 Å². The number of aromatic hydroxyl groups is 1. The Morgan fingerprint density at radius 2 is 1.79 bits per heavy atom. The molecule has 1 amide bonds. The van der Waals surface area contributed by atoms with Gasteiger partial charge in [-0.25, -0.2) is 4.79 Å². The van der Waals surface area contributed by atoms with Crippen LogP contribution in [0.4, 0.5) is 4.79 Å². The van der Waals surface area contributed by atoms with Crippen molar-refractivity contribution in [3.05, 3.63) is 54.1 Å². The standard InChI is InChI=1S/C26H32N2O5/c29-22-6-7-24-25(15-22)33-23(18-31-24)16-27-11-8-19(9-12-27)10-13-28-21(17-32-26(28)30)14-20-4-2-1-3-5-20/h1-7,15,19,21,23,29H,8-14,16-18H2/t21-,23-/m0/s1. The number of fused-ring (bicyclic) bond motifs is 1. The van der Waals surface area contributed by atoms with E-state index in [0.29, 0.717) is 30.6 Å². The molecule has 3 heterocycles. The molecule has 2 fully saturated rings. The van der Waals surface area contributed by atoms with Gasteiger partial charge in [-0.15, -0.1) is 0 Å². The average molecular weight is 453 g/mol. The topological polar surface area (TPSA) is 71.5 Å². The molecule has 0 unspecified atom stereocenters. The first-order valence-electron chi connectivity index (χ1n) is 12.0. The monoisotopic (exact) mass is 452 g/mol. The van der Waals surface area contributed by atoms with E-state index < -0.39 is 0 Å². The number of nitrogens with zero attached hydrogens (tertiary/aromatic N) is 2. The molecule has 0 saturated carbocycles. The van der Waals surface area contributed by atoms with Crippen molar-refractivity contribution in [3.8, 4) is 17.2 Å². The lowest BCUT2D eigenvalue weighted by molar-refractivity contribution is 0.0463. The zero-order chi connectivity index (χ0) is 22.6. The van der Waals surface area contributed by atoms with Crippen LogP contribution in [-0.2, 0) is 11.2 Å². The fourth-order valence-corrected chi connectivity index (χ4v) is 5.08. The minimum atomic E-state index is -0.172. The predicted octanol–water partition coefficient (Wildman–Crippen LogP) is 3.70. The van der Waals surface area contributed by atoms with Crippen LogP contribution in [0, 0.1) is 5.92 Å². The van der Waals surface area contributed by atoms with E-state index in [4.69, 9.17) is 14.2 Å². The highest BCUT2D eigenvalue weighted by atomic mass is 16.6. The maximum absolute atomic E-state index is 12.3. The van der Waals surface area contributed by atoms with E-state index in [-0.39, 0.29) is 24.0 Å². The first-order valence-corrected chi connectivity index (χ1v) is 12.0. The Hall–Kier alpha value is -2.93. The molecular weight excluding hydrogens is 420 g/mol. The second kappa shape index (κ2) is 9.91. The van der Waals surface area contributed by atoms with Crippen LogP contribution < -0.4 is 9.47 Å². The van der Waals surface area contributed by atoms with Gasteiger partial charge in [0.15, 0.2) is 11.5 Å². The normalized spacial score (nSPS) is 23.5. The molecule has 7 heteroatoms. The van der Waals surface area contributed by atoms with Crippen molar-refractivity contribution in [2.75, 3.05) is 39.4 Å². The Bertz CT molecular complexity index is 945. The summed E-state index contributed by atoms with van der Waals surface area (Å²) < 4.78 is 17.2. The molecule has 7 nitrogen and oxygen atoms in total. The summed E-state index contributed by atoms with van der Waals surface area (Å²) in [5.74, 6) is 2.11. The second-order valence-electron chi connectivity index (χ2n) is 9.33. The highest BCUT2D eigenvalue weighted by molar-refractivity contribution is 5.70. The molecule has 2 atom stereocenters. The molecule has 0 aliphatic carbocycles. The summed E-state index contributed by atoms with van der Waals surface area (Å²) in [4.78, 5) is 16.6. The molecule has 1 N–H and O–H groups in total. The number of ether oxygens (including phenoxy) is 3. The van der Waals surface area contributed by atoms with Gasteiger partial charge in [0.2, 0.25) is 0 Å². The molecule has 3 aliphatic rings. The fourth-order valence-electron chi connectivity index (χ4n) is 5.08. The van der Waals surface area contributed by atoms with Crippen LogP contribution in [0.15, 0.2) is 48.5 Å². The summed E-state index contributed by atoms with van der Waals surface area (Å²) in [5, 5.41) is 9.68. The first kappa shape index (κ1) is 21.9. The lowest BCUT2D eigenvalue weighted by Crippen LogP contribution is -2.44. The molecule has 0 bridgehead atoms. The molecule has 3 aliphatic heterocycles. The average Bonchev–Trinajstić information content (AvgIpc) is 3.18. The quantitative estimate of drug-likeness (QED) is 0.691. The van der Waals surface area contributed by atoms with E-state index in [1.54, 1.807) is 18.2 Å². The first-order chi connectivity index (χ1) is 16.1. The molecule has 0 spiro atoms. The largest absolute Gasteiger partial charge is 0.508 e. The molecule has 33 heavy (non-hydrogen) atoms. The van der Waals surface area contributed by atoms with Crippen molar-refractivity contribution >= 4 is 6.09 Å². The summed E-state index contributed by atoms with van der Waals surface area (Å²) in [5.41, 5.74) is 1.24. The maximum Gasteiger partial charge on any atom is 0.410 e. The van der Waals surface area contributed by atoms with Gasteiger partial charge in [-0.3, -0.25) is 4.90 Å². The molecule has 0 aromatic heterocycles. The van der Waals surface area contributed by atoms with Gasteiger partial charge in [0.1, 0.15) is 25.1 Å². The lowest BCUT2D eigenvalue weighted by atomic mass is 9.93. The van der Waals surface area contributed by atoms with Crippen LogP contribution in [0.25, 0.3) is 0 Å². The zero-order valence-electron chi connectivity index (χ0n) is 18.9. The van der Waals surface area contributed by atoms with Gasteiger partial charge in [0.05, 0.1) is 6.04 Å². The number of phenolic OH excluding ortho intramolecular Hbond substituents is 1. The number of piperidine rings is 1. The molecule has 5 rings (SSSR count). The van der Waals surface area contributed by atoms with Gasteiger partial charge in [0, 0.05) is 19.2 Å². The van der Waals surface area contributed by atoms with Crippen molar-refractivity contribution in [3.63, 3.8) is 0 Å². The number of rotatable bonds is 7. The fraction of sp³-hybridized carbons (Fsp3) is 0.500. The van der Waals surface area contributed by atoms with Crippen LogP contribution in [0.2, 0.25) is 0 Å². The van der Waals surface area contributed by atoms with E-state index in [1.165, 1.54) is 5.56 Å². The highest BCUT2D eigenvalue weighted by Crippen LogP contribution is 2.35. The minimum absolute atomic E-state index is 0.0334. The Kier molecular flexibility index (Phi) is 6.58. The van der Waals surface area contributed by atoms with Crippen molar-refractivity contribution in [2.24, 2.45) is 5.92 Å². The molecule has 176 valence electrons. The van der Waals surface area contributed by atoms with E-state index in [9.17, 15) is 9.90 Å². The van der Waals surface area contributed by atoms with Crippen LogP contribution >= 0.6 is 0 Å². The third kappa shape index (κ3) is 5.36. The number of likely N-dealkylation sites (tertiary alicyclic amines) is 1. The molecule has 2 aromatic carbocycles. The number of hydrogen-bond acceptors (Lipinski definition) is 6. The Morgan fingerprint density at radius 1 is 0.970 bits per heavy atom. The van der Waals surface area contributed by atoms with Gasteiger partial charge in [-0.2, -0.15) is 0 Å². The van der Waals surface area contributed by atoms with Gasteiger partial charge in [-0.05, 0) is 62.4 Å². The number of carbonyl (C=O) groups is 1. The lowest BCUT2D eigenvalue weighted by Gasteiger charge is -2.36. The van der Waals surface area contributed by atoms with Crippen LogP contribution in [0.5, 0.6) is 17.2 Å². The summed E-state index contributed by atoms with van der Waals surface area (Å²) in [6.07, 6.45) is 3.90. The molecule has 2 aromatic rings. The second-order valence-corrected chi connectivity index (χ2v) is 9.33. The van der Waals surface area contributed by atoms with Crippen LogP contribution in [0.3, 0.4) is 0 Å². The maximum atomic E-state index is 12.3. The molecular formula is C26H32N2O5. The summed E-state index contributed by atoms with van der Waals surface area (Å²) >= 11 is 0. The van der Waals surface area contributed by atoms with Crippen molar-refractivity contribution in [2.45, 2.75) is 37.8 Å².